The number of pyridine rings is 2. The Balaban J connectivity index is 1.08. The molecule has 0 saturated carbocycles. The van der Waals surface area contributed by atoms with Gasteiger partial charge in [0.25, 0.3) is 0 Å². The second kappa shape index (κ2) is 12.6. The number of aryl methyl sites for hydroxylation is 1. The van der Waals surface area contributed by atoms with Crippen molar-refractivity contribution in [2.24, 2.45) is 0 Å². The molecule has 1 fully saturated rings. The number of benzene rings is 2. The third-order valence-corrected chi connectivity index (χ3v) is 6.97. The lowest BCUT2D eigenvalue weighted by molar-refractivity contribution is 0.177. The van der Waals surface area contributed by atoms with Gasteiger partial charge in [-0.1, -0.05) is 41.8 Å². The molecule has 4 aromatic rings. The molecule has 1 saturated heterocycles. The minimum atomic E-state index is 0.481. The molecule has 0 radical (unpaired) electrons. The summed E-state index contributed by atoms with van der Waals surface area (Å²) in [5.41, 5.74) is 4.88. The molecule has 2 aromatic heterocycles. The molecule has 0 amide bonds. The largest absolute Gasteiger partial charge is 0.492 e. The topological polar surface area (TPSA) is 50.3 Å². The quantitative estimate of drug-likeness (QED) is 0.282. The average Bonchev–Trinajstić information content (AvgIpc) is 2.95. The second-order valence-electron chi connectivity index (χ2n) is 9.49. The highest BCUT2D eigenvalue weighted by Gasteiger charge is 2.19. The normalized spacial score (nSPS) is 13.9. The lowest BCUT2D eigenvalue weighted by Crippen LogP contribution is -2.41. The summed E-state index contributed by atoms with van der Waals surface area (Å²) in [4.78, 5) is 11.3. The van der Waals surface area contributed by atoms with Crippen LogP contribution in [0.1, 0.15) is 29.7 Å². The smallest absolute Gasteiger partial charge is 0.126 e. The lowest BCUT2D eigenvalue weighted by atomic mass is 10.1. The summed E-state index contributed by atoms with van der Waals surface area (Å²) in [5.74, 6) is 8.25. The number of piperidine rings is 1. The number of hydrogen-bond donors (Lipinski definition) is 1. The summed E-state index contributed by atoms with van der Waals surface area (Å²) in [6.45, 7) is 5.80. The fourth-order valence-electron chi connectivity index (χ4n) is 4.55. The number of hydrogen-bond acceptors (Lipinski definition) is 5. The van der Waals surface area contributed by atoms with E-state index in [0.29, 0.717) is 12.6 Å². The molecule has 5 nitrogen and oxygen atoms in total. The monoisotopic (exact) mass is 522 g/mol. The molecule has 2 aromatic carbocycles. The number of aromatic nitrogens is 2. The second-order valence-corrected chi connectivity index (χ2v) is 9.93. The van der Waals surface area contributed by atoms with E-state index in [1.165, 1.54) is 0 Å². The van der Waals surface area contributed by atoms with Crippen LogP contribution in [0.15, 0.2) is 85.2 Å². The molecule has 6 heteroatoms. The van der Waals surface area contributed by atoms with Crippen LogP contribution in [0, 0.1) is 18.8 Å². The van der Waals surface area contributed by atoms with Gasteiger partial charge in [0.05, 0.1) is 0 Å². The third kappa shape index (κ3) is 7.13. The van der Waals surface area contributed by atoms with E-state index in [-0.39, 0.29) is 0 Å². The van der Waals surface area contributed by atoms with Gasteiger partial charge in [0.2, 0.25) is 0 Å². The number of anilines is 1. The van der Waals surface area contributed by atoms with Gasteiger partial charge in [-0.2, -0.15) is 0 Å². The van der Waals surface area contributed by atoms with E-state index in [9.17, 15) is 0 Å². The van der Waals surface area contributed by atoms with Gasteiger partial charge in [0, 0.05) is 54.2 Å². The Morgan fingerprint density at radius 1 is 0.947 bits per heavy atom. The van der Waals surface area contributed by atoms with Gasteiger partial charge in [-0.15, -0.1) is 0 Å². The zero-order valence-electron chi connectivity index (χ0n) is 21.5. The minimum Gasteiger partial charge on any atom is -0.492 e. The van der Waals surface area contributed by atoms with Gasteiger partial charge in [-0.05, 0) is 85.3 Å². The van der Waals surface area contributed by atoms with Crippen LogP contribution in [-0.4, -0.2) is 47.2 Å². The van der Waals surface area contributed by atoms with Crippen molar-refractivity contribution < 1.29 is 4.74 Å². The summed E-state index contributed by atoms with van der Waals surface area (Å²) in [6, 6.07) is 24.3. The molecule has 38 heavy (non-hydrogen) atoms. The first kappa shape index (κ1) is 25.8. The van der Waals surface area contributed by atoms with E-state index < -0.39 is 0 Å². The highest BCUT2D eigenvalue weighted by Crippen LogP contribution is 2.22. The summed E-state index contributed by atoms with van der Waals surface area (Å²) in [5, 5.41) is 4.26. The first-order valence-electron chi connectivity index (χ1n) is 13.0. The highest BCUT2D eigenvalue weighted by molar-refractivity contribution is 6.30. The zero-order valence-corrected chi connectivity index (χ0v) is 22.3. The summed E-state index contributed by atoms with van der Waals surface area (Å²) >= 11 is 5.98. The van der Waals surface area contributed by atoms with Crippen LogP contribution in [0.2, 0.25) is 5.02 Å². The zero-order chi connectivity index (χ0) is 26.2. The van der Waals surface area contributed by atoms with Crippen LogP contribution < -0.4 is 10.1 Å². The number of ether oxygens (including phenoxy) is 1. The number of nitrogens with zero attached hydrogens (tertiary/aromatic N) is 3. The van der Waals surface area contributed by atoms with Crippen molar-refractivity contribution in [2.45, 2.75) is 25.8 Å². The predicted molar refractivity (Wildman–Crippen MR) is 155 cm³/mol. The summed E-state index contributed by atoms with van der Waals surface area (Å²) < 4.78 is 6.11. The molecule has 0 aliphatic carbocycles. The fraction of sp³-hybridized carbons (Fsp3) is 0.250. The molecule has 0 atom stereocenters. The van der Waals surface area contributed by atoms with E-state index in [2.05, 4.69) is 45.0 Å². The molecular weight excluding hydrogens is 492 g/mol. The van der Waals surface area contributed by atoms with E-state index in [0.717, 1.165) is 77.0 Å². The van der Waals surface area contributed by atoms with Crippen molar-refractivity contribution in [1.29, 1.82) is 0 Å². The van der Waals surface area contributed by atoms with E-state index in [4.69, 9.17) is 16.3 Å². The maximum atomic E-state index is 6.11. The fourth-order valence-corrected chi connectivity index (χ4v) is 4.68. The molecular formula is C32H31ClN4O. The number of nitrogens with one attached hydrogen (secondary N) is 1. The average molecular weight is 523 g/mol. The van der Waals surface area contributed by atoms with Crippen LogP contribution >= 0.6 is 11.6 Å². The number of rotatable bonds is 7. The van der Waals surface area contributed by atoms with E-state index in [1.54, 1.807) is 0 Å². The van der Waals surface area contributed by atoms with Crippen LogP contribution in [0.5, 0.6) is 5.75 Å². The third-order valence-electron chi connectivity index (χ3n) is 6.72. The Bertz CT molecular complexity index is 1390. The Hall–Kier alpha value is -3.85. The van der Waals surface area contributed by atoms with E-state index in [1.807, 2.05) is 79.1 Å². The van der Waals surface area contributed by atoms with Crippen LogP contribution in [-0.2, 0) is 0 Å². The SMILES string of the molecule is Cc1cc(C#Cc2ccc(-c3ccc(Cl)cc3)cn2)ccc1OCCN1CCC(Nc2ccccn2)CC1. The first-order valence-corrected chi connectivity index (χ1v) is 13.4. The molecule has 1 aliphatic rings. The lowest BCUT2D eigenvalue weighted by Gasteiger charge is -2.32. The Morgan fingerprint density at radius 2 is 1.76 bits per heavy atom. The Morgan fingerprint density at radius 3 is 2.47 bits per heavy atom. The van der Waals surface area contributed by atoms with Gasteiger partial charge in [0.15, 0.2) is 0 Å². The van der Waals surface area contributed by atoms with E-state index >= 15 is 0 Å². The summed E-state index contributed by atoms with van der Waals surface area (Å²) in [6.07, 6.45) is 5.90. The molecule has 192 valence electrons. The number of likely N-dealkylation sites (tertiary alicyclic amines) is 1. The first-order chi connectivity index (χ1) is 18.6. The molecule has 0 unspecified atom stereocenters. The van der Waals surface area contributed by atoms with Crippen molar-refractivity contribution in [3.05, 3.63) is 107 Å². The van der Waals surface area contributed by atoms with Crippen LogP contribution in [0.3, 0.4) is 0 Å². The van der Waals surface area contributed by atoms with Crippen molar-refractivity contribution in [2.75, 3.05) is 31.6 Å². The molecule has 1 aliphatic heterocycles. The Labute approximate surface area is 229 Å². The van der Waals surface area contributed by atoms with Crippen LogP contribution in [0.25, 0.3) is 11.1 Å². The van der Waals surface area contributed by atoms with Crippen molar-refractivity contribution in [1.82, 2.24) is 14.9 Å². The van der Waals surface area contributed by atoms with Gasteiger partial charge in [-0.3, -0.25) is 4.90 Å². The van der Waals surface area contributed by atoms with Crippen molar-refractivity contribution in [3.8, 4) is 28.7 Å². The maximum Gasteiger partial charge on any atom is 0.126 e. The molecule has 5 rings (SSSR count). The Kier molecular flexibility index (Phi) is 8.55. The van der Waals surface area contributed by atoms with Gasteiger partial charge in [-0.25, -0.2) is 9.97 Å². The standard InChI is InChI=1S/C32H31ClN4O/c1-24-22-25(5-12-29-13-9-27(23-35-29)26-7-10-28(33)11-8-26)6-14-31(24)38-21-20-37-18-15-30(16-19-37)36-32-4-2-3-17-34-32/h2-4,6-11,13-14,17,22-23,30H,15-16,18-21H2,1H3,(H,34,36). The van der Waals surface area contributed by atoms with Crippen molar-refractivity contribution >= 4 is 17.4 Å². The van der Waals surface area contributed by atoms with Gasteiger partial charge >= 0.3 is 0 Å². The van der Waals surface area contributed by atoms with Gasteiger partial charge < -0.3 is 10.1 Å². The molecule has 1 N–H and O–H groups in total. The van der Waals surface area contributed by atoms with Gasteiger partial charge in [0.1, 0.15) is 23.9 Å². The summed E-state index contributed by atoms with van der Waals surface area (Å²) in [7, 11) is 0. The molecule has 0 bridgehead atoms. The maximum absolute atomic E-state index is 6.11. The molecule has 0 spiro atoms. The number of halogens is 1. The predicted octanol–water partition coefficient (Wildman–Crippen LogP) is 6.46. The highest BCUT2D eigenvalue weighted by atomic mass is 35.5. The minimum absolute atomic E-state index is 0.481. The van der Waals surface area contributed by atoms with Crippen molar-refractivity contribution in [3.63, 3.8) is 0 Å². The van der Waals surface area contributed by atoms with Crippen LogP contribution in [0.4, 0.5) is 5.82 Å². The molecule has 3 heterocycles.